The van der Waals surface area contributed by atoms with Crippen molar-refractivity contribution >= 4 is 11.9 Å². The molecule has 9 heteroatoms. The zero-order valence-corrected chi connectivity index (χ0v) is 16.8. The van der Waals surface area contributed by atoms with Crippen LogP contribution in [0.4, 0.5) is 0 Å². The van der Waals surface area contributed by atoms with Gasteiger partial charge >= 0.3 is 11.9 Å². The summed E-state index contributed by atoms with van der Waals surface area (Å²) in [4.78, 5) is 36.4. The van der Waals surface area contributed by atoms with E-state index in [0.29, 0.717) is 5.56 Å². The van der Waals surface area contributed by atoms with E-state index in [1.54, 1.807) is 24.3 Å². The van der Waals surface area contributed by atoms with Crippen molar-refractivity contribution in [3.05, 3.63) is 52.4 Å². The predicted molar refractivity (Wildman–Crippen MR) is 105 cm³/mol. The van der Waals surface area contributed by atoms with E-state index in [-0.39, 0.29) is 11.3 Å². The number of carbonyl (C=O) groups excluding carboxylic acids is 2. The van der Waals surface area contributed by atoms with Crippen molar-refractivity contribution in [3.63, 3.8) is 0 Å². The molecule has 9 nitrogen and oxygen atoms in total. The number of aromatic nitrogens is 1. The number of hydrogen-bond donors (Lipinski definition) is 2. The third kappa shape index (κ3) is 4.22. The van der Waals surface area contributed by atoms with Crippen LogP contribution in [0.5, 0.6) is 5.75 Å². The molecule has 2 heterocycles. The number of aryl methyl sites for hydroxylation is 1. The van der Waals surface area contributed by atoms with Crippen LogP contribution in [0.2, 0.25) is 0 Å². The van der Waals surface area contributed by atoms with E-state index >= 15 is 0 Å². The number of aliphatic hydroxyl groups excluding tert-OH is 1. The minimum Gasteiger partial charge on any atom is -0.507 e. The van der Waals surface area contributed by atoms with Gasteiger partial charge in [-0.1, -0.05) is 29.8 Å². The smallest absolute Gasteiger partial charge is 0.303 e. The average molecular weight is 417 g/mol. The van der Waals surface area contributed by atoms with E-state index in [1.807, 2.05) is 6.92 Å². The van der Waals surface area contributed by atoms with Gasteiger partial charge in [-0.15, -0.1) is 0 Å². The molecule has 0 saturated carbocycles. The molecule has 0 aliphatic carbocycles. The Morgan fingerprint density at radius 3 is 2.23 bits per heavy atom. The summed E-state index contributed by atoms with van der Waals surface area (Å²) < 4.78 is 17.4. The van der Waals surface area contributed by atoms with Crippen LogP contribution >= 0.6 is 0 Å². The minimum absolute atomic E-state index is 0.0409. The molecule has 0 spiro atoms. The van der Waals surface area contributed by atoms with E-state index < -0.39 is 48.6 Å². The molecule has 1 aliphatic rings. The number of rotatable bonds is 5. The van der Waals surface area contributed by atoms with E-state index in [1.165, 1.54) is 26.1 Å². The first-order chi connectivity index (χ1) is 14.2. The molecule has 0 bridgehead atoms. The zero-order chi connectivity index (χ0) is 22.0. The number of benzene rings is 1. The van der Waals surface area contributed by atoms with Crippen LogP contribution in [-0.4, -0.2) is 51.6 Å². The Morgan fingerprint density at radius 2 is 1.67 bits per heavy atom. The minimum atomic E-state index is -1.17. The highest BCUT2D eigenvalue weighted by atomic mass is 16.6. The van der Waals surface area contributed by atoms with E-state index in [4.69, 9.17) is 14.2 Å². The molecule has 160 valence electrons. The van der Waals surface area contributed by atoms with Gasteiger partial charge in [0.05, 0.1) is 12.2 Å². The third-order valence-corrected chi connectivity index (χ3v) is 4.78. The van der Waals surface area contributed by atoms with Crippen molar-refractivity contribution < 1.29 is 34.0 Å². The molecule has 0 amide bonds. The highest BCUT2D eigenvalue weighted by Gasteiger charge is 2.50. The van der Waals surface area contributed by atoms with Crippen molar-refractivity contribution in [2.75, 3.05) is 6.61 Å². The highest BCUT2D eigenvalue weighted by Crippen LogP contribution is 2.35. The van der Waals surface area contributed by atoms with E-state index in [9.17, 15) is 24.6 Å². The summed E-state index contributed by atoms with van der Waals surface area (Å²) in [5, 5.41) is 20.0. The molecular formula is C21H23NO8. The van der Waals surface area contributed by atoms with Crippen molar-refractivity contribution in [1.82, 2.24) is 4.57 Å². The van der Waals surface area contributed by atoms with Crippen molar-refractivity contribution in [2.45, 2.75) is 45.3 Å². The zero-order valence-electron chi connectivity index (χ0n) is 16.8. The Hall–Kier alpha value is -3.17. The van der Waals surface area contributed by atoms with Gasteiger partial charge in [0.15, 0.2) is 18.4 Å². The Balaban J connectivity index is 2.09. The maximum atomic E-state index is 13.2. The fourth-order valence-corrected chi connectivity index (χ4v) is 3.46. The fraction of sp³-hybridized carbons (Fsp3) is 0.381. The van der Waals surface area contributed by atoms with Gasteiger partial charge < -0.3 is 24.4 Å². The lowest BCUT2D eigenvalue weighted by molar-refractivity contribution is -0.165. The number of nitrogens with zero attached hydrogens (tertiary/aromatic N) is 1. The summed E-state index contributed by atoms with van der Waals surface area (Å²) in [6.07, 6.45) is -3.16. The van der Waals surface area contributed by atoms with Gasteiger partial charge in [-0.3, -0.25) is 19.0 Å². The Kier molecular flexibility index (Phi) is 6.23. The quantitative estimate of drug-likeness (QED) is 0.698. The van der Waals surface area contributed by atoms with Crippen LogP contribution in [-0.2, 0) is 23.8 Å². The first-order valence-corrected chi connectivity index (χ1v) is 9.34. The molecule has 1 aromatic heterocycles. The lowest BCUT2D eigenvalue weighted by Crippen LogP contribution is -2.41. The molecule has 1 aromatic carbocycles. The van der Waals surface area contributed by atoms with Crippen LogP contribution in [0.25, 0.3) is 11.1 Å². The lowest BCUT2D eigenvalue weighted by Gasteiger charge is -2.24. The molecule has 2 aromatic rings. The molecule has 1 aliphatic heterocycles. The number of aliphatic hydroxyl groups is 1. The predicted octanol–water partition coefficient (Wildman–Crippen LogP) is 1.28. The van der Waals surface area contributed by atoms with Crippen molar-refractivity contribution in [3.8, 4) is 16.9 Å². The first kappa shape index (κ1) is 21.5. The molecule has 2 N–H and O–H groups in total. The second-order valence-electron chi connectivity index (χ2n) is 7.05. The standard InChI is InChI=1S/C21H23NO8/c1-11-4-6-14(7-5-11)17-15(26)8-9-22(20(17)27)21-19(29-13(3)25)18(28-12(2)24)16(10-23)30-21/h4-9,16,18-19,21,23,26H,10H2,1-3H3. The van der Waals surface area contributed by atoms with Gasteiger partial charge in [0.1, 0.15) is 11.9 Å². The number of carbonyl (C=O) groups is 2. The molecule has 4 atom stereocenters. The molecule has 30 heavy (non-hydrogen) atoms. The second kappa shape index (κ2) is 8.68. The molecule has 4 unspecified atom stereocenters. The Labute approximate surface area is 172 Å². The molecular weight excluding hydrogens is 394 g/mol. The van der Waals surface area contributed by atoms with E-state index in [0.717, 1.165) is 10.1 Å². The Bertz CT molecular complexity index is 997. The van der Waals surface area contributed by atoms with Gasteiger partial charge in [-0.05, 0) is 18.6 Å². The number of hydrogen-bond acceptors (Lipinski definition) is 8. The van der Waals surface area contributed by atoms with Crippen molar-refractivity contribution in [2.24, 2.45) is 0 Å². The van der Waals surface area contributed by atoms with Gasteiger partial charge in [0, 0.05) is 20.0 Å². The third-order valence-electron chi connectivity index (χ3n) is 4.78. The van der Waals surface area contributed by atoms with Crippen LogP contribution in [0.15, 0.2) is 41.3 Å². The van der Waals surface area contributed by atoms with E-state index in [2.05, 4.69) is 0 Å². The average Bonchev–Trinajstić information content (AvgIpc) is 2.99. The van der Waals surface area contributed by atoms with Crippen molar-refractivity contribution in [1.29, 1.82) is 0 Å². The first-order valence-electron chi connectivity index (χ1n) is 9.34. The SMILES string of the molecule is CC(=O)OC1C(CO)OC(n2ccc(O)c(-c3ccc(C)cc3)c2=O)C1OC(C)=O. The summed E-state index contributed by atoms with van der Waals surface area (Å²) in [6, 6.07) is 8.33. The normalized spacial score (nSPS) is 23.2. The van der Waals surface area contributed by atoms with Crippen LogP contribution in [0, 0.1) is 6.92 Å². The molecule has 0 radical (unpaired) electrons. The summed E-state index contributed by atoms with van der Waals surface area (Å²) >= 11 is 0. The lowest BCUT2D eigenvalue weighted by atomic mass is 10.0. The Morgan fingerprint density at radius 1 is 1.07 bits per heavy atom. The number of aromatic hydroxyl groups is 1. The topological polar surface area (TPSA) is 124 Å². The summed E-state index contributed by atoms with van der Waals surface area (Å²) in [5.41, 5.74) is 0.925. The van der Waals surface area contributed by atoms with Crippen LogP contribution in [0.1, 0.15) is 25.6 Å². The number of pyridine rings is 1. The molecule has 1 saturated heterocycles. The highest BCUT2D eigenvalue weighted by molar-refractivity contribution is 5.69. The van der Waals surface area contributed by atoms with Gasteiger partial charge in [-0.2, -0.15) is 0 Å². The van der Waals surface area contributed by atoms with Gasteiger partial charge in [-0.25, -0.2) is 0 Å². The summed E-state index contributed by atoms with van der Waals surface area (Å²) in [7, 11) is 0. The second-order valence-corrected chi connectivity index (χ2v) is 7.05. The van der Waals surface area contributed by atoms with Gasteiger partial charge in [0.25, 0.3) is 5.56 Å². The van der Waals surface area contributed by atoms with Crippen LogP contribution in [0.3, 0.4) is 0 Å². The maximum absolute atomic E-state index is 13.2. The number of esters is 2. The van der Waals surface area contributed by atoms with Gasteiger partial charge in [0.2, 0.25) is 0 Å². The summed E-state index contributed by atoms with van der Waals surface area (Å²) in [5.74, 6) is -1.55. The summed E-state index contributed by atoms with van der Waals surface area (Å²) in [6.45, 7) is 3.72. The largest absolute Gasteiger partial charge is 0.507 e. The molecule has 3 rings (SSSR count). The van der Waals surface area contributed by atoms with Crippen LogP contribution < -0.4 is 5.56 Å². The molecule has 1 fully saturated rings. The maximum Gasteiger partial charge on any atom is 0.303 e. The number of ether oxygens (including phenoxy) is 3. The monoisotopic (exact) mass is 417 g/mol. The fourth-order valence-electron chi connectivity index (χ4n) is 3.46.